The number of halogens is 2. The number of nitrogens with one attached hydrogen (secondary N) is 2. The van der Waals surface area contributed by atoms with Crippen molar-refractivity contribution in [2.24, 2.45) is 0 Å². The third-order valence-electron chi connectivity index (χ3n) is 4.96. The third-order valence-corrected chi connectivity index (χ3v) is 5.92. The third kappa shape index (κ3) is 5.01. The monoisotopic (exact) mass is 559 g/mol. The first-order chi connectivity index (χ1) is 16.3. The average Bonchev–Trinajstić information content (AvgIpc) is 3.22. The lowest BCUT2D eigenvalue weighted by atomic mass is 10.1. The van der Waals surface area contributed by atoms with Crippen molar-refractivity contribution < 1.29 is 18.7 Å². The number of benzene rings is 3. The molecule has 0 spiro atoms. The van der Waals surface area contributed by atoms with Gasteiger partial charge in [0.1, 0.15) is 17.0 Å². The van der Waals surface area contributed by atoms with E-state index >= 15 is 0 Å². The molecular weight excluding hydrogens is 542 g/mol. The first-order valence-electron chi connectivity index (χ1n) is 10.00. The van der Waals surface area contributed by atoms with Gasteiger partial charge in [-0.15, -0.1) is 0 Å². The molecule has 0 bridgehead atoms. The number of anilines is 1. The van der Waals surface area contributed by atoms with E-state index in [1.54, 1.807) is 43.5 Å². The van der Waals surface area contributed by atoms with E-state index in [2.05, 4.69) is 31.5 Å². The lowest BCUT2D eigenvalue weighted by molar-refractivity contribution is 0.0974. The molecule has 174 valence electrons. The Labute approximate surface area is 214 Å². The lowest BCUT2D eigenvalue weighted by Crippen LogP contribution is -2.34. The summed E-state index contributed by atoms with van der Waals surface area (Å²) in [5, 5.41) is 6.28. The predicted octanol–water partition coefficient (Wildman–Crippen LogP) is 6.36. The Morgan fingerprint density at radius 1 is 1.12 bits per heavy atom. The fourth-order valence-electron chi connectivity index (χ4n) is 3.43. The molecule has 3 aromatic carbocycles. The van der Waals surface area contributed by atoms with Crippen LogP contribution in [0.5, 0.6) is 11.5 Å². The van der Waals surface area contributed by atoms with E-state index < -0.39 is 0 Å². The maximum Gasteiger partial charge on any atom is 0.261 e. The topological polar surface area (TPSA) is 85.6 Å². The van der Waals surface area contributed by atoms with Crippen LogP contribution in [0, 0.1) is 6.92 Å². The Kier molecular flexibility index (Phi) is 7.06. The van der Waals surface area contributed by atoms with Gasteiger partial charge in [-0.05, 0) is 73.2 Å². The van der Waals surface area contributed by atoms with Crippen LogP contribution in [-0.2, 0) is 0 Å². The molecule has 0 aliphatic carbocycles. The number of methoxy groups -OCH3 is 2. The van der Waals surface area contributed by atoms with Crippen LogP contribution in [0.2, 0.25) is 5.02 Å². The minimum Gasteiger partial charge on any atom is -0.496 e. The van der Waals surface area contributed by atoms with Crippen LogP contribution in [0.15, 0.2) is 57.4 Å². The first kappa shape index (κ1) is 24.0. The van der Waals surface area contributed by atoms with Gasteiger partial charge in [0, 0.05) is 15.7 Å². The summed E-state index contributed by atoms with van der Waals surface area (Å²) < 4.78 is 17.2. The maximum absolute atomic E-state index is 12.8. The summed E-state index contributed by atoms with van der Waals surface area (Å²) in [6.45, 7) is 1.86. The van der Waals surface area contributed by atoms with Crippen molar-refractivity contribution in [3.05, 3.63) is 69.2 Å². The Balaban J connectivity index is 1.51. The molecule has 0 unspecified atom stereocenters. The van der Waals surface area contributed by atoms with E-state index in [0.717, 1.165) is 15.6 Å². The van der Waals surface area contributed by atoms with E-state index in [-0.39, 0.29) is 11.0 Å². The summed E-state index contributed by atoms with van der Waals surface area (Å²) in [6, 6.07) is 14.2. The summed E-state index contributed by atoms with van der Waals surface area (Å²) in [5.41, 5.74) is 3.77. The SMILES string of the molecule is COc1ccc(-c2nc3cc(NC(=S)NC(=O)c4cc(Br)cc(C)c4OC)ccc3o2)cc1Cl. The fourth-order valence-corrected chi connectivity index (χ4v) is 4.47. The van der Waals surface area contributed by atoms with Gasteiger partial charge >= 0.3 is 0 Å². The van der Waals surface area contributed by atoms with Gasteiger partial charge in [0.05, 0.1) is 24.8 Å². The number of oxazole rings is 1. The van der Waals surface area contributed by atoms with Crippen molar-refractivity contribution >= 4 is 67.6 Å². The zero-order valence-corrected chi connectivity index (χ0v) is 21.5. The van der Waals surface area contributed by atoms with Gasteiger partial charge in [-0.25, -0.2) is 4.98 Å². The van der Waals surface area contributed by atoms with Gasteiger partial charge in [-0.3, -0.25) is 10.1 Å². The molecule has 7 nitrogen and oxygen atoms in total. The summed E-state index contributed by atoms with van der Waals surface area (Å²) >= 11 is 15.0. The number of aromatic nitrogens is 1. The number of hydrogen-bond acceptors (Lipinski definition) is 6. The summed E-state index contributed by atoms with van der Waals surface area (Å²) in [4.78, 5) is 17.3. The second-order valence-electron chi connectivity index (χ2n) is 7.26. The van der Waals surface area contributed by atoms with E-state index in [0.29, 0.717) is 44.8 Å². The number of carbonyl (C=O) groups is 1. The highest BCUT2D eigenvalue weighted by Crippen LogP contribution is 2.32. The lowest BCUT2D eigenvalue weighted by Gasteiger charge is -2.13. The predicted molar refractivity (Wildman–Crippen MR) is 140 cm³/mol. The zero-order valence-electron chi connectivity index (χ0n) is 18.4. The molecule has 4 aromatic rings. The van der Waals surface area contributed by atoms with Crippen molar-refractivity contribution in [1.82, 2.24) is 10.3 Å². The molecule has 2 N–H and O–H groups in total. The summed E-state index contributed by atoms with van der Waals surface area (Å²) in [7, 11) is 3.07. The minimum atomic E-state index is -0.389. The highest BCUT2D eigenvalue weighted by Gasteiger charge is 2.17. The molecule has 0 aliphatic heterocycles. The van der Waals surface area contributed by atoms with E-state index in [1.165, 1.54) is 7.11 Å². The maximum atomic E-state index is 12.8. The van der Waals surface area contributed by atoms with Crippen LogP contribution in [0.3, 0.4) is 0 Å². The van der Waals surface area contributed by atoms with Crippen LogP contribution >= 0.6 is 39.7 Å². The Morgan fingerprint density at radius 2 is 1.91 bits per heavy atom. The van der Waals surface area contributed by atoms with E-state index in [4.69, 9.17) is 37.7 Å². The van der Waals surface area contributed by atoms with Crippen LogP contribution in [0.4, 0.5) is 5.69 Å². The number of thiocarbonyl (C=S) groups is 1. The Morgan fingerprint density at radius 3 is 2.62 bits per heavy atom. The van der Waals surface area contributed by atoms with Gasteiger partial charge in [-0.2, -0.15) is 0 Å². The molecule has 0 aliphatic rings. The number of nitrogens with zero attached hydrogens (tertiary/aromatic N) is 1. The van der Waals surface area contributed by atoms with Crippen molar-refractivity contribution in [1.29, 1.82) is 0 Å². The molecule has 34 heavy (non-hydrogen) atoms. The van der Waals surface area contributed by atoms with Crippen LogP contribution < -0.4 is 20.1 Å². The number of aryl methyl sites for hydroxylation is 1. The number of ether oxygens (including phenoxy) is 2. The number of rotatable bonds is 5. The second-order valence-corrected chi connectivity index (χ2v) is 8.99. The highest BCUT2D eigenvalue weighted by atomic mass is 79.9. The van der Waals surface area contributed by atoms with E-state index in [1.807, 2.05) is 19.1 Å². The first-order valence-corrected chi connectivity index (χ1v) is 11.6. The van der Waals surface area contributed by atoms with Gasteiger partial charge < -0.3 is 19.2 Å². The molecule has 1 heterocycles. The van der Waals surface area contributed by atoms with Crippen molar-refractivity contribution in [3.8, 4) is 23.0 Å². The minimum absolute atomic E-state index is 0.134. The smallest absolute Gasteiger partial charge is 0.261 e. The largest absolute Gasteiger partial charge is 0.496 e. The van der Waals surface area contributed by atoms with E-state index in [9.17, 15) is 4.79 Å². The highest BCUT2D eigenvalue weighted by molar-refractivity contribution is 9.10. The zero-order chi connectivity index (χ0) is 24.4. The quantitative estimate of drug-likeness (QED) is 0.275. The van der Waals surface area contributed by atoms with Crippen LogP contribution in [-0.4, -0.2) is 30.2 Å². The standard InChI is InChI=1S/C24H19BrClN3O4S/c1-12-8-14(25)10-16(21(12)32-3)22(30)29-24(34)27-15-5-7-20-18(11-15)28-23(33-20)13-4-6-19(31-2)17(26)9-13/h4-11H,1-3H3,(H2,27,29,30,34). The number of carbonyl (C=O) groups excluding carboxylic acids is 1. The van der Waals surface area contributed by atoms with Gasteiger partial charge in [0.2, 0.25) is 5.89 Å². The second kappa shape index (κ2) is 10.0. The molecule has 0 saturated heterocycles. The van der Waals surface area contributed by atoms with Gasteiger partial charge in [-0.1, -0.05) is 27.5 Å². The normalized spacial score (nSPS) is 10.7. The molecule has 0 atom stereocenters. The molecule has 1 amide bonds. The average molecular weight is 561 g/mol. The Hall–Kier alpha value is -3.14. The molecule has 0 fully saturated rings. The number of amides is 1. The molecule has 0 radical (unpaired) electrons. The van der Waals surface area contributed by atoms with Crippen molar-refractivity contribution in [2.75, 3.05) is 19.5 Å². The molecular formula is C24H19BrClN3O4S. The molecule has 1 aromatic heterocycles. The Bertz CT molecular complexity index is 1420. The summed E-state index contributed by atoms with van der Waals surface area (Å²) in [5.74, 6) is 1.09. The molecule has 4 rings (SSSR count). The van der Waals surface area contributed by atoms with Crippen molar-refractivity contribution in [2.45, 2.75) is 6.92 Å². The molecule has 0 saturated carbocycles. The number of hydrogen-bond donors (Lipinski definition) is 2. The molecule has 10 heteroatoms. The summed E-state index contributed by atoms with van der Waals surface area (Å²) in [6.07, 6.45) is 0. The fraction of sp³-hybridized carbons (Fsp3) is 0.125. The van der Waals surface area contributed by atoms with Gasteiger partial charge in [0.25, 0.3) is 5.91 Å². The van der Waals surface area contributed by atoms with Crippen LogP contribution in [0.1, 0.15) is 15.9 Å². The van der Waals surface area contributed by atoms with Gasteiger partial charge in [0.15, 0.2) is 10.7 Å². The number of fused-ring (bicyclic) bond motifs is 1. The van der Waals surface area contributed by atoms with Crippen molar-refractivity contribution in [3.63, 3.8) is 0 Å². The van der Waals surface area contributed by atoms with Crippen LogP contribution in [0.25, 0.3) is 22.6 Å².